The van der Waals surface area contributed by atoms with Gasteiger partial charge in [-0.15, -0.1) is 0 Å². The fourth-order valence-corrected chi connectivity index (χ4v) is 8.38. The van der Waals surface area contributed by atoms with Crippen molar-refractivity contribution < 1.29 is 0 Å². The largest absolute Gasteiger partial charge is 0.308 e. The molecular weight excluding hydrogens is 627 g/mol. The molecule has 0 atom stereocenters. The molecule has 0 bridgehead atoms. The predicted molar refractivity (Wildman–Crippen MR) is 210 cm³/mol. The van der Waals surface area contributed by atoms with Crippen LogP contribution in [0.25, 0.3) is 66.2 Å². The predicted octanol–water partition coefficient (Wildman–Crippen LogP) is 12.9. The average Bonchev–Trinajstić information content (AvgIpc) is 3.19. The van der Waals surface area contributed by atoms with E-state index in [0.717, 1.165) is 44.9 Å². The second-order valence-corrected chi connectivity index (χ2v) is 13.7. The molecule has 8 aromatic carbocycles. The molecule has 2 heterocycles. The Labute approximate surface area is 294 Å². The summed E-state index contributed by atoms with van der Waals surface area (Å²) in [5, 5.41) is 6.09. The third-order valence-electron chi connectivity index (χ3n) is 9.64. The van der Waals surface area contributed by atoms with E-state index in [9.17, 15) is 0 Å². The molecule has 0 fully saturated rings. The van der Waals surface area contributed by atoms with Gasteiger partial charge in [-0.05, 0) is 87.3 Å². The molecule has 0 unspecified atom stereocenters. The fourth-order valence-electron chi connectivity index (χ4n) is 7.28. The molecule has 234 valence electrons. The Hall–Kier alpha value is -6.23. The average molecular weight is 656 g/mol. The molecule has 0 saturated heterocycles. The zero-order valence-electron chi connectivity index (χ0n) is 27.0. The summed E-state index contributed by atoms with van der Waals surface area (Å²) in [6.07, 6.45) is 0. The van der Waals surface area contributed by atoms with Crippen LogP contribution in [0.2, 0.25) is 0 Å². The van der Waals surface area contributed by atoms with E-state index >= 15 is 0 Å². The molecule has 50 heavy (non-hydrogen) atoms. The lowest BCUT2D eigenvalue weighted by Gasteiger charge is -2.33. The van der Waals surface area contributed by atoms with E-state index in [1.54, 1.807) is 11.8 Å². The number of para-hydroxylation sites is 3. The van der Waals surface area contributed by atoms with Gasteiger partial charge in [-0.2, -0.15) is 0 Å². The standard InChI is InChI=1S/C46H29N3S/c1-2-13-34(14-3-1)49-41-20-10-11-21-43(41)50-44-29-33(26-27-42(44)49)46-47-40-19-9-8-18-38(40)45(48-46)31-24-22-30(23-25-31)39-28-32-12-4-5-15-35(32)36-16-6-7-17-37(36)39/h1-29H. The molecule has 0 amide bonds. The summed E-state index contributed by atoms with van der Waals surface area (Å²) in [4.78, 5) is 15.1. The molecule has 10 rings (SSSR count). The van der Waals surface area contributed by atoms with Gasteiger partial charge in [0.2, 0.25) is 0 Å². The number of hydrogen-bond acceptors (Lipinski definition) is 4. The van der Waals surface area contributed by atoms with Crippen LogP contribution in [0.15, 0.2) is 186 Å². The maximum atomic E-state index is 5.27. The van der Waals surface area contributed by atoms with Gasteiger partial charge in [-0.25, -0.2) is 9.97 Å². The fraction of sp³-hybridized carbons (Fsp3) is 0. The summed E-state index contributed by atoms with van der Waals surface area (Å²) in [5.74, 6) is 0.719. The van der Waals surface area contributed by atoms with Crippen LogP contribution in [0.3, 0.4) is 0 Å². The van der Waals surface area contributed by atoms with Gasteiger partial charge >= 0.3 is 0 Å². The summed E-state index contributed by atoms with van der Waals surface area (Å²) >= 11 is 1.80. The number of nitrogens with zero attached hydrogens (tertiary/aromatic N) is 3. The molecule has 1 aliphatic rings. The van der Waals surface area contributed by atoms with Crippen LogP contribution in [0.5, 0.6) is 0 Å². The van der Waals surface area contributed by atoms with Crippen molar-refractivity contribution in [1.82, 2.24) is 9.97 Å². The Morgan fingerprint density at radius 1 is 0.420 bits per heavy atom. The van der Waals surface area contributed by atoms with Crippen molar-refractivity contribution in [3.05, 3.63) is 176 Å². The van der Waals surface area contributed by atoms with Gasteiger partial charge in [0.15, 0.2) is 5.82 Å². The van der Waals surface area contributed by atoms with Crippen LogP contribution in [0.1, 0.15) is 0 Å². The lowest BCUT2D eigenvalue weighted by atomic mass is 9.92. The van der Waals surface area contributed by atoms with Crippen molar-refractivity contribution in [2.24, 2.45) is 0 Å². The lowest BCUT2D eigenvalue weighted by Crippen LogP contribution is -2.14. The first-order valence-corrected chi connectivity index (χ1v) is 17.6. The number of benzene rings is 8. The second-order valence-electron chi connectivity index (χ2n) is 12.6. The van der Waals surface area contributed by atoms with Crippen molar-refractivity contribution in [2.45, 2.75) is 9.79 Å². The number of hydrogen-bond donors (Lipinski definition) is 0. The van der Waals surface area contributed by atoms with E-state index in [-0.39, 0.29) is 0 Å². The summed E-state index contributed by atoms with van der Waals surface area (Å²) in [6, 6.07) is 62.6. The zero-order valence-corrected chi connectivity index (χ0v) is 27.8. The molecule has 0 aliphatic carbocycles. The second kappa shape index (κ2) is 11.7. The molecular formula is C46H29N3S. The van der Waals surface area contributed by atoms with Gasteiger partial charge < -0.3 is 4.90 Å². The van der Waals surface area contributed by atoms with Gasteiger partial charge in [-0.1, -0.05) is 133 Å². The molecule has 1 aliphatic heterocycles. The van der Waals surface area contributed by atoms with E-state index in [4.69, 9.17) is 9.97 Å². The van der Waals surface area contributed by atoms with Crippen LogP contribution in [0.4, 0.5) is 17.1 Å². The zero-order chi connectivity index (χ0) is 33.0. The van der Waals surface area contributed by atoms with Gasteiger partial charge in [0.25, 0.3) is 0 Å². The van der Waals surface area contributed by atoms with Crippen LogP contribution in [-0.2, 0) is 0 Å². The highest BCUT2D eigenvalue weighted by atomic mass is 32.2. The minimum atomic E-state index is 0.719. The first-order valence-electron chi connectivity index (χ1n) is 16.8. The Kier molecular flexibility index (Phi) is 6.74. The molecule has 4 heteroatoms. The molecule has 9 aromatic rings. The van der Waals surface area contributed by atoms with Gasteiger partial charge in [-0.3, -0.25) is 0 Å². The Bertz CT molecular complexity index is 2740. The van der Waals surface area contributed by atoms with Crippen LogP contribution < -0.4 is 4.90 Å². The maximum absolute atomic E-state index is 5.27. The highest BCUT2D eigenvalue weighted by Gasteiger charge is 2.25. The SMILES string of the molecule is c1ccc(N2c3ccccc3Sc3cc(-c4nc(-c5ccc(-c6cc7ccccc7c7ccccc67)cc5)c5ccccc5n4)ccc32)cc1. The molecule has 1 aromatic heterocycles. The van der Waals surface area contributed by atoms with Crippen molar-refractivity contribution in [2.75, 3.05) is 4.90 Å². The summed E-state index contributed by atoms with van der Waals surface area (Å²) in [7, 11) is 0. The summed E-state index contributed by atoms with van der Waals surface area (Å²) in [5.41, 5.74) is 9.82. The Morgan fingerprint density at radius 3 is 1.92 bits per heavy atom. The third-order valence-corrected chi connectivity index (χ3v) is 10.8. The minimum Gasteiger partial charge on any atom is -0.308 e. The first-order chi connectivity index (χ1) is 24.8. The normalized spacial score (nSPS) is 12.3. The lowest BCUT2D eigenvalue weighted by molar-refractivity contribution is 1.16. The monoisotopic (exact) mass is 655 g/mol. The molecule has 0 spiro atoms. The van der Waals surface area contributed by atoms with Crippen molar-refractivity contribution in [3.8, 4) is 33.8 Å². The van der Waals surface area contributed by atoms with Crippen molar-refractivity contribution in [1.29, 1.82) is 0 Å². The van der Waals surface area contributed by atoms with Crippen molar-refractivity contribution in [3.63, 3.8) is 0 Å². The van der Waals surface area contributed by atoms with E-state index in [1.165, 1.54) is 48.2 Å². The van der Waals surface area contributed by atoms with Crippen LogP contribution >= 0.6 is 11.8 Å². The summed E-state index contributed by atoms with van der Waals surface area (Å²) in [6.45, 7) is 0. The van der Waals surface area contributed by atoms with Crippen LogP contribution in [-0.4, -0.2) is 9.97 Å². The minimum absolute atomic E-state index is 0.719. The quantitative estimate of drug-likeness (QED) is 0.176. The van der Waals surface area contributed by atoms with E-state index in [0.29, 0.717) is 0 Å². The molecule has 3 nitrogen and oxygen atoms in total. The maximum Gasteiger partial charge on any atom is 0.160 e. The van der Waals surface area contributed by atoms with E-state index in [2.05, 4.69) is 175 Å². The highest BCUT2D eigenvalue weighted by molar-refractivity contribution is 7.99. The van der Waals surface area contributed by atoms with Gasteiger partial charge in [0.1, 0.15) is 0 Å². The third kappa shape index (κ3) is 4.76. The molecule has 0 N–H and O–H groups in total. The smallest absolute Gasteiger partial charge is 0.160 e. The number of aromatic nitrogens is 2. The van der Waals surface area contributed by atoms with E-state index < -0.39 is 0 Å². The van der Waals surface area contributed by atoms with Crippen molar-refractivity contribution >= 4 is 61.3 Å². The topological polar surface area (TPSA) is 29.0 Å². The molecule has 0 radical (unpaired) electrons. The molecule has 0 saturated carbocycles. The number of anilines is 3. The van der Waals surface area contributed by atoms with E-state index in [1.807, 2.05) is 6.07 Å². The Balaban J connectivity index is 1.08. The summed E-state index contributed by atoms with van der Waals surface area (Å²) < 4.78 is 0. The first kappa shape index (κ1) is 28.8. The number of fused-ring (bicyclic) bond motifs is 6. The van der Waals surface area contributed by atoms with Crippen LogP contribution in [0, 0.1) is 0 Å². The Morgan fingerprint density at radius 2 is 1.06 bits per heavy atom. The van der Waals surface area contributed by atoms with Gasteiger partial charge in [0.05, 0.1) is 22.6 Å². The number of rotatable bonds is 4. The van der Waals surface area contributed by atoms with Gasteiger partial charge in [0, 0.05) is 32.0 Å². The highest BCUT2D eigenvalue weighted by Crippen LogP contribution is 2.52.